The third-order valence-corrected chi connectivity index (χ3v) is 9.04. The van der Waals surface area contributed by atoms with Gasteiger partial charge in [0.05, 0.1) is 16.6 Å². The summed E-state index contributed by atoms with van der Waals surface area (Å²) < 4.78 is 41.1. The molecule has 188 valence electrons. The van der Waals surface area contributed by atoms with Crippen LogP contribution in [0.1, 0.15) is 24.1 Å². The largest absolute Gasteiger partial charge is 0.323 e. The van der Waals surface area contributed by atoms with Crippen molar-refractivity contribution in [2.24, 2.45) is 0 Å². The first-order chi connectivity index (χ1) is 17.4. The third kappa shape index (κ3) is 4.91. The van der Waals surface area contributed by atoms with E-state index in [0.717, 1.165) is 23.4 Å². The van der Waals surface area contributed by atoms with Crippen LogP contribution < -0.4 is 5.32 Å². The molecule has 2 aliphatic rings. The molecule has 3 aromatic rings. The van der Waals surface area contributed by atoms with E-state index in [0.29, 0.717) is 32.2 Å². The van der Waals surface area contributed by atoms with Crippen LogP contribution in [0.3, 0.4) is 0 Å². The number of hydrogen-bond acceptors (Lipinski definition) is 5. The molecule has 1 atom stereocenters. The molecule has 1 unspecified atom stereocenters. The molecule has 2 fully saturated rings. The first-order valence-electron chi connectivity index (χ1n) is 12.2. The lowest BCUT2D eigenvalue weighted by molar-refractivity contribution is -0.133. The van der Waals surface area contributed by atoms with Crippen molar-refractivity contribution < 1.29 is 17.6 Å². The summed E-state index contributed by atoms with van der Waals surface area (Å²) >= 11 is 0. The molecule has 0 bridgehead atoms. The minimum Gasteiger partial charge on any atom is -0.323 e. The Morgan fingerprint density at radius 1 is 0.972 bits per heavy atom. The van der Waals surface area contributed by atoms with Gasteiger partial charge in [0.2, 0.25) is 15.9 Å². The van der Waals surface area contributed by atoms with Gasteiger partial charge in [0, 0.05) is 37.9 Å². The average molecular weight is 509 g/mol. The maximum atomic E-state index is 13.6. The first-order valence-corrected chi connectivity index (χ1v) is 13.6. The predicted molar refractivity (Wildman–Crippen MR) is 134 cm³/mol. The number of hydrogen-bond donors (Lipinski definition) is 1. The Kier molecular flexibility index (Phi) is 6.87. The molecule has 2 aromatic carbocycles. The van der Waals surface area contributed by atoms with Gasteiger partial charge >= 0.3 is 0 Å². The number of carbonyl (C=O) groups is 1. The second kappa shape index (κ2) is 10.1. The Bertz CT molecular complexity index is 1300. The topological polar surface area (TPSA) is 82.6 Å². The lowest BCUT2D eigenvalue weighted by Crippen LogP contribution is -2.59. The van der Waals surface area contributed by atoms with Crippen molar-refractivity contribution in [3.05, 3.63) is 96.1 Å². The Morgan fingerprint density at radius 3 is 2.33 bits per heavy atom. The summed E-state index contributed by atoms with van der Waals surface area (Å²) in [6.45, 7) is 1.02. The summed E-state index contributed by atoms with van der Waals surface area (Å²) in [5.41, 5.74) is 1.35. The number of nitrogens with one attached hydrogen (secondary N) is 1. The molecule has 2 saturated heterocycles. The van der Waals surface area contributed by atoms with Gasteiger partial charge in [-0.25, -0.2) is 12.8 Å². The summed E-state index contributed by atoms with van der Waals surface area (Å²) in [5.74, 6) is -0.446. The van der Waals surface area contributed by atoms with Crippen molar-refractivity contribution in [2.45, 2.75) is 42.3 Å². The number of aromatic nitrogens is 1. The van der Waals surface area contributed by atoms with E-state index in [1.807, 2.05) is 53.4 Å². The maximum absolute atomic E-state index is 13.6. The Labute approximate surface area is 211 Å². The van der Waals surface area contributed by atoms with Crippen LogP contribution in [0.4, 0.5) is 4.39 Å². The first kappa shape index (κ1) is 24.5. The molecule has 3 heterocycles. The Morgan fingerprint density at radius 2 is 1.67 bits per heavy atom. The van der Waals surface area contributed by atoms with Gasteiger partial charge in [0.25, 0.3) is 0 Å². The van der Waals surface area contributed by atoms with Crippen LogP contribution in [0.5, 0.6) is 0 Å². The van der Waals surface area contributed by atoms with Gasteiger partial charge in [0.15, 0.2) is 0 Å². The standard InChI is InChI=1S/C27H29FN4O3S/c28-22-9-11-24(12-10-22)36(34,35)31-18-14-27(15-19-31)30-25(20-21-6-2-1-3-7-21)26(33)32(27)17-13-23-8-4-5-16-29-23/h1-12,16,25,30H,13-15,17-20H2. The second-order valence-corrected chi connectivity index (χ2v) is 11.3. The number of carbonyl (C=O) groups excluding carboxylic acids is 1. The van der Waals surface area contributed by atoms with Crippen molar-refractivity contribution in [3.63, 3.8) is 0 Å². The highest BCUT2D eigenvalue weighted by Crippen LogP contribution is 2.35. The molecule has 7 nitrogen and oxygen atoms in total. The van der Waals surface area contributed by atoms with E-state index < -0.39 is 21.5 Å². The Hall–Kier alpha value is -3.14. The van der Waals surface area contributed by atoms with Crippen LogP contribution in [0.2, 0.25) is 0 Å². The molecule has 0 radical (unpaired) electrons. The summed E-state index contributed by atoms with van der Waals surface area (Å²) in [6, 6.07) is 20.1. The van der Waals surface area contributed by atoms with E-state index in [1.54, 1.807) is 6.20 Å². The number of benzene rings is 2. The molecular formula is C27H29FN4O3S. The molecule has 1 N–H and O–H groups in total. The van der Waals surface area contributed by atoms with Gasteiger partial charge in [-0.05, 0) is 61.2 Å². The van der Waals surface area contributed by atoms with Crippen molar-refractivity contribution >= 4 is 15.9 Å². The molecule has 1 spiro atoms. The molecule has 0 aliphatic carbocycles. The van der Waals surface area contributed by atoms with Crippen molar-refractivity contribution in [2.75, 3.05) is 19.6 Å². The molecule has 9 heteroatoms. The predicted octanol–water partition coefficient (Wildman–Crippen LogP) is 2.99. The number of sulfonamides is 1. The molecule has 2 aliphatic heterocycles. The minimum atomic E-state index is -3.75. The highest BCUT2D eigenvalue weighted by molar-refractivity contribution is 7.89. The summed E-state index contributed by atoms with van der Waals surface area (Å²) in [6.07, 6.45) is 3.86. The minimum absolute atomic E-state index is 0.0321. The van der Waals surface area contributed by atoms with Gasteiger partial charge in [-0.2, -0.15) is 4.31 Å². The Balaban J connectivity index is 1.35. The van der Waals surface area contributed by atoms with E-state index in [9.17, 15) is 17.6 Å². The normalized spacial score (nSPS) is 20.2. The summed E-state index contributed by atoms with van der Waals surface area (Å²) in [7, 11) is -3.75. The fourth-order valence-corrected chi connectivity index (χ4v) is 6.66. The average Bonchev–Trinajstić information content (AvgIpc) is 3.14. The van der Waals surface area contributed by atoms with Gasteiger partial charge in [-0.3, -0.25) is 15.1 Å². The molecule has 1 amide bonds. The van der Waals surface area contributed by atoms with Gasteiger partial charge < -0.3 is 4.90 Å². The smallest absolute Gasteiger partial charge is 0.243 e. The van der Waals surface area contributed by atoms with Gasteiger partial charge in [-0.1, -0.05) is 36.4 Å². The fraction of sp³-hybridized carbons (Fsp3) is 0.333. The summed E-state index contributed by atoms with van der Waals surface area (Å²) in [5, 5.41) is 3.60. The van der Waals surface area contributed by atoms with Crippen LogP contribution in [-0.2, 0) is 27.7 Å². The zero-order valence-electron chi connectivity index (χ0n) is 19.9. The SMILES string of the molecule is O=C1C(Cc2ccccc2)NC2(CCN(S(=O)(=O)c3ccc(F)cc3)CC2)N1CCc1ccccn1. The highest BCUT2D eigenvalue weighted by Gasteiger charge is 2.52. The number of pyridine rings is 1. The summed E-state index contributed by atoms with van der Waals surface area (Å²) in [4.78, 5) is 20.0. The lowest BCUT2D eigenvalue weighted by atomic mass is 9.97. The third-order valence-electron chi connectivity index (χ3n) is 7.13. The molecule has 5 rings (SSSR count). The van der Waals surface area contributed by atoms with E-state index in [1.165, 1.54) is 16.4 Å². The number of amides is 1. The van der Waals surface area contributed by atoms with Crippen molar-refractivity contribution in [1.82, 2.24) is 19.5 Å². The van der Waals surface area contributed by atoms with Crippen LogP contribution in [-0.4, -0.2) is 59.9 Å². The zero-order chi connectivity index (χ0) is 25.2. The van der Waals surface area contributed by atoms with E-state index in [2.05, 4.69) is 10.3 Å². The highest BCUT2D eigenvalue weighted by atomic mass is 32.2. The van der Waals surface area contributed by atoms with Crippen molar-refractivity contribution in [1.29, 1.82) is 0 Å². The maximum Gasteiger partial charge on any atom is 0.243 e. The van der Waals surface area contributed by atoms with E-state index in [-0.39, 0.29) is 29.9 Å². The van der Waals surface area contributed by atoms with Crippen LogP contribution in [0.25, 0.3) is 0 Å². The lowest BCUT2D eigenvalue weighted by Gasteiger charge is -2.44. The monoisotopic (exact) mass is 508 g/mol. The van der Waals surface area contributed by atoms with Crippen LogP contribution >= 0.6 is 0 Å². The fourth-order valence-electron chi connectivity index (χ4n) is 5.21. The quantitative estimate of drug-likeness (QED) is 0.531. The van der Waals surface area contributed by atoms with Gasteiger partial charge in [0.1, 0.15) is 5.82 Å². The van der Waals surface area contributed by atoms with E-state index >= 15 is 0 Å². The number of halogens is 1. The molecule has 36 heavy (non-hydrogen) atoms. The van der Waals surface area contributed by atoms with E-state index in [4.69, 9.17) is 0 Å². The zero-order valence-corrected chi connectivity index (χ0v) is 20.7. The van der Waals surface area contributed by atoms with Gasteiger partial charge in [-0.15, -0.1) is 0 Å². The molecular weight excluding hydrogens is 479 g/mol. The number of nitrogens with zero attached hydrogens (tertiary/aromatic N) is 3. The molecule has 1 aromatic heterocycles. The van der Waals surface area contributed by atoms with Crippen molar-refractivity contribution in [3.8, 4) is 0 Å². The number of piperidine rings is 1. The van der Waals surface area contributed by atoms with Crippen LogP contribution in [0.15, 0.2) is 83.9 Å². The second-order valence-electron chi connectivity index (χ2n) is 9.34. The molecule has 0 saturated carbocycles. The number of rotatable bonds is 7. The van der Waals surface area contributed by atoms with Crippen LogP contribution in [0, 0.1) is 5.82 Å².